The number of nitrogens with two attached hydrogens (primary N) is 1. The minimum atomic E-state index is -0.406. The van der Waals surface area contributed by atoms with Crippen molar-refractivity contribution in [2.75, 3.05) is 0 Å². The van der Waals surface area contributed by atoms with E-state index in [2.05, 4.69) is 13.8 Å². The third-order valence-electron chi connectivity index (χ3n) is 3.91. The van der Waals surface area contributed by atoms with Crippen molar-refractivity contribution in [3.63, 3.8) is 0 Å². The van der Waals surface area contributed by atoms with Crippen molar-refractivity contribution in [3.05, 3.63) is 58.7 Å². The van der Waals surface area contributed by atoms with Gasteiger partial charge in [0, 0.05) is 16.5 Å². The molecule has 0 aromatic heterocycles. The van der Waals surface area contributed by atoms with Crippen LogP contribution in [0.4, 0.5) is 0 Å². The first-order chi connectivity index (χ1) is 9.39. The third kappa shape index (κ3) is 2.25. The molecule has 0 bridgehead atoms. The number of benzene rings is 2. The lowest BCUT2D eigenvalue weighted by atomic mass is 9.76. The zero-order valence-corrected chi connectivity index (χ0v) is 12.4. The molecule has 3 nitrogen and oxygen atoms in total. The third-order valence-corrected chi connectivity index (χ3v) is 3.91. The number of phenolic OH excluding ortho intramolecular Hbond substituents is 1. The number of rotatable bonds is 3. The molecule has 0 heterocycles. The van der Waals surface area contributed by atoms with Crippen LogP contribution in [0, 0.1) is 13.8 Å². The van der Waals surface area contributed by atoms with Crippen LogP contribution >= 0.6 is 0 Å². The van der Waals surface area contributed by atoms with E-state index in [9.17, 15) is 5.11 Å². The molecule has 0 aliphatic rings. The van der Waals surface area contributed by atoms with Gasteiger partial charge < -0.3 is 9.94 Å². The van der Waals surface area contributed by atoms with Crippen LogP contribution < -0.4 is 10.7 Å². The molecule has 0 spiro atoms. The second-order valence-corrected chi connectivity index (χ2v) is 5.67. The second-order valence-electron chi connectivity index (χ2n) is 5.67. The first-order valence-corrected chi connectivity index (χ1v) is 6.65. The topological polar surface area (TPSA) is 55.5 Å². The molecule has 0 saturated heterocycles. The van der Waals surface area contributed by atoms with Crippen LogP contribution in [0.2, 0.25) is 0 Å². The summed E-state index contributed by atoms with van der Waals surface area (Å²) in [4.78, 5) is 5.07. The molecule has 0 fully saturated rings. The maximum absolute atomic E-state index is 10.4. The molecule has 3 N–H and O–H groups in total. The van der Waals surface area contributed by atoms with Gasteiger partial charge in [0.15, 0.2) is 5.75 Å². The zero-order valence-electron chi connectivity index (χ0n) is 12.4. The minimum Gasteiger partial charge on any atom is -0.507 e. The van der Waals surface area contributed by atoms with Crippen LogP contribution in [-0.2, 0) is 5.41 Å². The molecule has 0 atom stereocenters. The van der Waals surface area contributed by atoms with E-state index in [4.69, 9.17) is 10.7 Å². The smallest absolute Gasteiger partial charge is 0.153 e. The Morgan fingerprint density at radius 3 is 2.10 bits per heavy atom. The average molecular weight is 271 g/mol. The van der Waals surface area contributed by atoms with E-state index in [0.717, 1.165) is 22.3 Å². The van der Waals surface area contributed by atoms with Crippen LogP contribution in [-0.4, -0.2) is 5.11 Å². The van der Waals surface area contributed by atoms with Crippen LogP contribution in [0.15, 0.2) is 36.4 Å². The largest absolute Gasteiger partial charge is 0.507 e. The number of hydrogen-bond acceptors (Lipinski definition) is 3. The Balaban J connectivity index is 2.67. The Hall–Kier alpha value is -2.00. The molecular formula is C17H21NO2. The highest BCUT2D eigenvalue weighted by atomic mass is 16.6. The molecular weight excluding hydrogens is 250 g/mol. The van der Waals surface area contributed by atoms with Gasteiger partial charge in [-0.2, -0.15) is 5.90 Å². The monoisotopic (exact) mass is 271 g/mol. The highest BCUT2D eigenvalue weighted by Gasteiger charge is 2.30. The van der Waals surface area contributed by atoms with Gasteiger partial charge in [-0.1, -0.05) is 50.2 Å². The van der Waals surface area contributed by atoms with E-state index in [1.807, 2.05) is 50.2 Å². The van der Waals surface area contributed by atoms with Gasteiger partial charge in [0.25, 0.3) is 0 Å². The molecule has 0 radical (unpaired) electrons. The van der Waals surface area contributed by atoms with Crippen LogP contribution in [0.1, 0.15) is 36.1 Å². The minimum absolute atomic E-state index is 0.321. The summed E-state index contributed by atoms with van der Waals surface area (Å²) in [7, 11) is 0. The maximum Gasteiger partial charge on any atom is 0.153 e. The predicted octanol–water partition coefficient (Wildman–Crippen LogP) is 3.59. The fourth-order valence-electron chi connectivity index (χ4n) is 2.61. The molecule has 0 amide bonds. The van der Waals surface area contributed by atoms with Crippen LogP contribution in [0.3, 0.4) is 0 Å². The standard InChI is InChI=1S/C17H21NO2/c1-11-7-5-9-13(15(11)19)17(3,4)14-10-6-8-12(2)16(14)20-18/h5-10,19H,18H2,1-4H3. The van der Waals surface area contributed by atoms with Gasteiger partial charge >= 0.3 is 0 Å². The lowest BCUT2D eigenvalue weighted by Crippen LogP contribution is -2.22. The fraction of sp³-hybridized carbons (Fsp3) is 0.294. The average Bonchev–Trinajstić information content (AvgIpc) is 2.41. The summed E-state index contributed by atoms with van der Waals surface area (Å²) in [6.45, 7) is 7.96. The molecule has 2 aromatic carbocycles. The summed E-state index contributed by atoms with van der Waals surface area (Å²) in [6, 6.07) is 11.7. The molecule has 3 heteroatoms. The number of aryl methyl sites for hydroxylation is 2. The van der Waals surface area contributed by atoms with Gasteiger partial charge in [-0.3, -0.25) is 0 Å². The highest BCUT2D eigenvalue weighted by Crippen LogP contribution is 2.42. The summed E-state index contributed by atoms with van der Waals surface area (Å²) >= 11 is 0. The molecule has 0 aliphatic carbocycles. The quantitative estimate of drug-likeness (QED) is 0.839. The lowest BCUT2D eigenvalue weighted by Gasteiger charge is -2.29. The van der Waals surface area contributed by atoms with Crippen molar-refractivity contribution < 1.29 is 9.94 Å². The zero-order chi connectivity index (χ0) is 14.9. The van der Waals surface area contributed by atoms with Crippen LogP contribution in [0.5, 0.6) is 11.5 Å². The molecule has 0 aliphatic heterocycles. The van der Waals surface area contributed by atoms with Crippen molar-refractivity contribution in [1.29, 1.82) is 0 Å². The van der Waals surface area contributed by atoms with E-state index in [1.165, 1.54) is 0 Å². The predicted molar refractivity (Wildman–Crippen MR) is 81.0 cm³/mol. The Labute approximate surface area is 120 Å². The van der Waals surface area contributed by atoms with Gasteiger partial charge in [0.05, 0.1) is 0 Å². The number of aromatic hydroxyl groups is 1. The summed E-state index contributed by atoms with van der Waals surface area (Å²) < 4.78 is 0. The Morgan fingerprint density at radius 1 is 0.950 bits per heavy atom. The number of para-hydroxylation sites is 2. The van der Waals surface area contributed by atoms with Gasteiger partial charge in [0.2, 0.25) is 0 Å². The molecule has 2 aromatic rings. The molecule has 20 heavy (non-hydrogen) atoms. The summed E-state index contributed by atoms with van der Waals surface area (Å²) in [5, 5.41) is 10.4. The second kappa shape index (κ2) is 5.17. The summed E-state index contributed by atoms with van der Waals surface area (Å²) in [6.07, 6.45) is 0. The Morgan fingerprint density at radius 2 is 1.50 bits per heavy atom. The molecule has 106 valence electrons. The maximum atomic E-state index is 10.4. The van der Waals surface area contributed by atoms with E-state index in [0.29, 0.717) is 11.5 Å². The van der Waals surface area contributed by atoms with Crippen molar-refractivity contribution in [2.45, 2.75) is 33.1 Å². The first kappa shape index (κ1) is 14.4. The fourth-order valence-corrected chi connectivity index (χ4v) is 2.61. The van der Waals surface area contributed by atoms with E-state index in [-0.39, 0.29) is 0 Å². The van der Waals surface area contributed by atoms with Gasteiger partial charge in [0.1, 0.15) is 5.75 Å². The van der Waals surface area contributed by atoms with Crippen molar-refractivity contribution >= 4 is 0 Å². The van der Waals surface area contributed by atoms with Crippen LogP contribution in [0.25, 0.3) is 0 Å². The van der Waals surface area contributed by atoms with Crippen molar-refractivity contribution in [2.24, 2.45) is 5.90 Å². The number of hydrogen-bond donors (Lipinski definition) is 2. The molecule has 0 unspecified atom stereocenters. The normalized spacial score (nSPS) is 11.4. The van der Waals surface area contributed by atoms with Crippen molar-refractivity contribution in [1.82, 2.24) is 0 Å². The first-order valence-electron chi connectivity index (χ1n) is 6.65. The molecule has 2 rings (SSSR count). The highest BCUT2D eigenvalue weighted by molar-refractivity contribution is 5.54. The Bertz CT molecular complexity index is 633. The van der Waals surface area contributed by atoms with Gasteiger partial charge in [-0.15, -0.1) is 0 Å². The lowest BCUT2D eigenvalue weighted by molar-refractivity contribution is 0.322. The van der Waals surface area contributed by atoms with E-state index < -0.39 is 5.41 Å². The molecule has 0 saturated carbocycles. The summed E-state index contributed by atoms with van der Waals surface area (Å²) in [5.41, 5.74) is 3.25. The van der Waals surface area contributed by atoms with Gasteiger partial charge in [-0.05, 0) is 25.0 Å². The van der Waals surface area contributed by atoms with Crippen molar-refractivity contribution in [3.8, 4) is 11.5 Å². The Kier molecular flexibility index (Phi) is 3.73. The SMILES string of the molecule is Cc1cccc(C(C)(C)c2cccc(C)c2ON)c1O. The van der Waals surface area contributed by atoms with E-state index in [1.54, 1.807) is 0 Å². The van der Waals surface area contributed by atoms with E-state index >= 15 is 0 Å². The number of phenols is 1. The summed E-state index contributed by atoms with van der Waals surface area (Å²) in [5.74, 6) is 6.42. The van der Waals surface area contributed by atoms with Gasteiger partial charge in [-0.25, -0.2) is 0 Å².